The molecule has 2 heterocycles. The molecule has 3 aliphatic rings. The van der Waals surface area contributed by atoms with Crippen LogP contribution in [0.5, 0.6) is 0 Å². The second-order valence-electron chi connectivity index (χ2n) is 9.31. The van der Waals surface area contributed by atoms with Crippen LogP contribution in [0.25, 0.3) is 0 Å². The Morgan fingerprint density at radius 1 is 1.06 bits per heavy atom. The van der Waals surface area contributed by atoms with E-state index in [-0.39, 0.29) is 17.9 Å². The van der Waals surface area contributed by atoms with E-state index in [0.717, 1.165) is 42.5 Å². The molecule has 2 unspecified atom stereocenters. The summed E-state index contributed by atoms with van der Waals surface area (Å²) in [4.78, 5) is 41.3. The van der Waals surface area contributed by atoms with Crippen molar-refractivity contribution in [3.05, 3.63) is 46.9 Å². The van der Waals surface area contributed by atoms with E-state index in [1.807, 2.05) is 5.01 Å². The Balaban J connectivity index is 1.68. The number of nitrogens with one attached hydrogen (secondary N) is 1. The third kappa shape index (κ3) is 5.31. The van der Waals surface area contributed by atoms with E-state index in [2.05, 4.69) is 5.32 Å². The SMILES string of the molecule is O=C(O)CC(O)(CC(=O)ON1C2=C(CCNCC2)C(c2ccc(F)cc2)N1C1CCCC1)C(=O)O. The van der Waals surface area contributed by atoms with Gasteiger partial charge in [-0.05, 0) is 49.1 Å². The average Bonchev–Trinajstić information content (AvgIpc) is 3.33. The van der Waals surface area contributed by atoms with Crippen LogP contribution in [0, 0.1) is 5.82 Å². The molecule has 35 heavy (non-hydrogen) atoms. The molecular weight excluding hydrogens is 461 g/mol. The zero-order valence-corrected chi connectivity index (χ0v) is 19.3. The van der Waals surface area contributed by atoms with Crippen molar-refractivity contribution in [1.29, 1.82) is 0 Å². The fourth-order valence-electron chi connectivity index (χ4n) is 5.24. The van der Waals surface area contributed by atoms with Crippen LogP contribution in [0.1, 0.15) is 63.0 Å². The summed E-state index contributed by atoms with van der Waals surface area (Å²) < 4.78 is 13.7. The maximum atomic E-state index is 13.7. The van der Waals surface area contributed by atoms with E-state index >= 15 is 0 Å². The standard InChI is InChI=1S/C24H30FN3O7/c25-16-7-5-15(6-8-16)22-18-9-11-26-12-10-19(18)28(27(22)17-3-1-2-4-17)35-21(31)14-24(34,23(32)33)13-20(29)30/h5-8,17,22,26,34H,1-4,9-14H2,(H,29,30)(H,32,33). The van der Waals surface area contributed by atoms with Crippen molar-refractivity contribution in [2.45, 2.75) is 69.1 Å². The fraction of sp³-hybridized carbons (Fsp3) is 0.542. The minimum atomic E-state index is -2.79. The van der Waals surface area contributed by atoms with Gasteiger partial charge in [-0.15, -0.1) is 5.17 Å². The Kier molecular flexibility index (Phi) is 7.39. The second kappa shape index (κ2) is 10.3. The van der Waals surface area contributed by atoms with Crippen molar-refractivity contribution in [3.63, 3.8) is 0 Å². The Labute approximate surface area is 201 Å². The zero-order chi connectivity index (χ0) is 25.2. The normalized spacial score (nSPS) is 23.0. The molecule has 11 heteroatoms. The molecule has 4 rings (SSSR count). The quantitative estimate of drug-likeness (QED) is 0.427. The summed E-state index contributed by atoms with van der Waals surface area (Å²) in [6.45, 7) is 1.35. The third-order valence-corrected chi connectivity index (χ3v) is 6.87. The van der Waals surface area contributed by atoms with Crippen molar-refractivity contribution < 1.29 is 38.9 Å². The Morgan fingerprint density at radius 2 is 1.71 bits per heavy atom. The highest BCUT2D eigenvalue weighted by molar-refractivity contribution is 5.88. The predicted molar refractivity (Wildman–Crippen MR) is 120 cm³/mol. The van der Waals surface area contributed by atoms with Crippen molar-refractivity contribution in [2.75, 3.05) is 13.1 Å². The highest BCUT2D eigenvalue weighted by atomic mass is 19.1. The van der Waals surface area contributed by atoms with Crippen LogP contribution in [-0.2, 0) is 19.2 Å². The lowest BCUT2D eigenvalue weighted by Crippen LogP contribution is -2.48. The lowest BCUT2D eigenvalue weighted by Gasteiger charge is -2.38. The molecule has 0 radical (unpaired) electrons. The molecule has 0 aromatic heterocycles. The molecule has 2 aliphatic heterocycles. The molecule has 190 valence electrons. The number of benzene rings is 1. The molecular formula is C24H30FN3O7. The van der Waals surface area contributed by atoms with Crippen LogP contribution in [0.3, 0.4) is 0 Å². The summed E-state index contributed by atoms with van der Waals surface area (Å²) in [5, 5.41) is 35.4. The summed E-state index contributed by atoms with van der Waals surface area (Å²) >= 11 is 0. The summed E-state index contributed by atoms with van der Waals surface area (Å²) in [5.41, 5.74) is -0.152. The molecule has 1 fully saturated rings. The van der Waals surface area contributed by atoms with Crippen LogP contribution in [0.15, 0.2) is 35.5 Å². The maximum absolute atomic E-state index is 13.7. The highest BCUT2D eigenvalue weighted by Gasteiger charge is 2.47. The molecule has 10 nitrogen and oxygen atoms in total. The van der Waals surface area contributed by atoms with Gasteiger partial charge in [-0.3, -0.25) is 4.79 Å². The molecule has 1 aromatic rings. The first-order chi connectivity index (χ1) is 16.7. The van der Waals surface area contributed by atoms with Crippen molar-refractivity contribution in [1.82, 2.24) is 15.5 Å². The summed E-state index contributed by atoms with van der Waals surface area (Å²) in [6.07, 6.45) is 2.79. The number of rotatable bonds is 8. The Bertz CT molecular complexity index is 1010. The van der Waals surface area contributed by atoms with Crippen molar-refractivity contribution >= 4 is 17.9 Å². The summed E-state index contributed by atoms with van der Waals surface area (Å²) in [5.74, 6) is -4.77. The molecule has 0 amide bonds. The molecule has 1 aliphatic carbocycles. The minimum Gasteiger partial charge on any atom is -0.481 e. The van der Waals surface area contributed by atoms with Crippen molar-refractivity contribution in [3.8, 4) is 0 Å². The zero-order valence-electron chi connectivity index (χ0n) is 19.3. The molecule has 0 bridgehead atoms. The van der Waals surface area contributed by atoms with Gasteiger partial charge >= 0.3 is 17.9 Å². The highest BCUT2D eigenvalue weighted by Crippen LogP contribution is 2.47. The Morgan fingerprint density at radius 3 is 2.34 bits per heavy atom. The second-order valence-corrected chi connectivity index (χ2v) is 9.31. The number of hydrazine groups is 1. The molecule has 0 spiro atoms. The number of aliphatic carboxylic acids is 2. The first-order valence-electron chi connectivity index (χ1n) is 11.8. The number of carboxylic acid groups (broad SMARTS) is 2. The number of hydroxylamine groups is 1. The Hall–Kier alpha value is -3.02. The van der Waals surface area contributed by atoms with Gasteiger partial charge in [0.25, 0.3) is 0 Å². The monoisotopic (exact) mass is 491 g/mol. The fourth-order valence-corrected chi connectivity index (χ4v) is 5.24. The van der Waals surface area contributed by atoms with Gasteiger partial charge in [0.15, 0.2) is 5.60 Å². The minimum absolute atomic E-state index is 0.0371. The van der Waals surface area contributed by atoms with Crippen LogP contribution >= 0.6 is 0 Å². The summed E-state index contributed by atoms with van der Waals surface area (Å²) in [6, 6.07) is 5.96. The first kappa shape index (κ1) is 25.1. The van der Waals surface area contributed by atoms with E-state index in [0.29, 0.717) is 25.9 Å². The van der Waals surface area contributed by atoms with Crippen LogP contribution in [0.2, 0.25) is 0 Å². The van der Waals surface area contributed by atoms with E-state index in [9.17, 15) is 29.0 Å². The number of nitrogens with zero attached hydrogens (tertiary/aromatic N) is 2. The van der Waals surface area contributed by atoms with Crippen LogP contribution in [-0.4, -0.2) is 68.1 Å². The molecule has 1 aromatic carbocycles. The number of carbonyl (C=O) groups is 3. The van der Waals surface area contributed by atoms with E-state index in [4.69, 9.17) is 9.94 Å². The first-order valence-corrected chi connectivity index (χ1v) is 11.8. The number of aliphatic hydroxyl groups is 1. The average molecular weight is 492 g/mol. The predicted octanol–water partition coefficient (Wildman–Crippen LogP) is 2.12. The number of hydrogen-bond acceptors (Lipinski definition) is 8. The van der Waals surface area contributed by atoms with Crippen molar-refractivity contribution in [2.24, 2.45) is 0 Å². The van der Waals surface area contributed by atoms with Gasteiger partial charge in [-0.25, -0.2) is 14.0 Å². The number of halogens is 1. The van der Waals surface area contributed by atoms with Gasteiger partial charge in [0, 0.05) is 19.0 Å². The number of hydrogen-bond donors (Lipinski definition) is 4. The number of carbonyl (C=O) groups excluding carboxylic acids is 1. The largest absolute Gasteiger partial charge is 0.481 e. The van der Waals surface area contributed by atoms with Gasteiger partial charge in [0.05, 0.1) is 24.6 Å². The van der Waals surface area contributed by atoms with E-state index in [1.54, 1.807) is 12.1 Å². The smallest absolute Gasteiger partial charge is 0.337 e. The topological polar surface area (TPSA) is 140 Å². The molecule has 0 saturated heterocycles. The third-order valence-electron chi connectivity index (χ3n) is 6.87. The van der Waals surface area contributed by atoms with E-state index < -0.39 is 36.4 Å². The van der Waals surface area contributed by atoms with E-state index in [1.165, 1.54) is 17.3 Å². The lowest BCUT2D eigenvalue weighted by atomic mass is 9.94. The van der Waals surface area contributed by atoms with Gasteiger partial charge in [-0.2, -0.15) is 5.01 Å². The van der Waals surface area contributed by atoms with Gasteiger partial charge in [0.1, 0.15) is 5.82 Å². The molecule has 2 atom stereocenters. The van der Waals surface area contributed by atoms with Gasteiger partial charge in [-0.1, -0.05) is 25.0 Å². The maximum Gasteiger partial charge on any atom is 0.337 e. The van der Waals surface area contributed by atoms with Crippen LogP contribution < -0.4 is 5.32 Å². The number of carboxylic acids is 2. The molecule has 1 saturated carbocycles. The van der Waals surface area contributed by atoms with Crippen LogP contribution in [0.4, 0.5) is 4.39 Å². The van der Waals surface area contributed by atoms with Gasteiger partial charge < -0.3 is 25.5 Å². The summed E-state index contributed by atoms with van der Waals surface area (Å²) in [7, 11) is 0. The lowest BCUT2D eigenvalue weighted by molar-refractivity contribution is -0.262. The molecule has 4 N–H and O–H groups in total. The van der Waals surface area contributed by atoms with Gasteiger partial charge in [0.2, 0.25) is 0 Å².